The summed E-state index contributed by atoms with van der Waals surface area (Å²) in [6, 6.07) is 21.5. The van der Waals surface area contributed by atoms with Gasteiger partial charge >= 0.3 is 5.97 Å². The molecule has 0 aromatic heterocycles. The van der Waals surface area contributed by atoms with Crippen LogP contribution in [0, 0.1) is 0 Å². The molecular weight excluding hydrogens is 402 g/mol. The maximum absolute atomic E-state index is 12.3. The van der Waals surface area contributed by atoms with Crippen LogP contribution in [0.1, 0.15) is 10.4 Å². The van der Waals surface area contributed by atoms with Gasteiger partial charge in [0.1, 0.15) is 22.8 Å². The van der Waals surface area contributed by atoms with Crippen LogP contribution in [-0.2, 0) is 9.53 Å². The summed E-state index contributed by atoms with van der Waals surface area (Å²) in [6.07, 6.45) is 1.93. The van der Waals surface area contributed by atoms with E-state index in [4.69, 9.17) is 14.2 Å². The Kier molecular flexibility index (Phi) is 7.34. The molecule has 0 spiro atoms. The molecule has 0 heterocycles. The van der Waals surface area contributed by atoms with E-state index in [1.54, 1.807) is 42.5 Å². The molecule has 0 aliphatic rings. The SMILES string of the molecule is COc1cc(SC)ccc1C(=O)OCC(=O)Nc1ccc(Oc2ccccc2)cc1. The highest BCUT2D eigenvalue weighted by Crippen LogP contribution is 2.26. The molecule has 1 amide bonds. The number of benzene rings is 3. The van der Waals surface area contributed by atoms with Gasteiger partial charge in [0.15, 0.2) is 6.61 Å². The smallest absolute Gasteiger partial charge is 0.342 e. The number of esters is 1. The number of anilines is 1. The van der Waals surface area contributed by atoms with Crippen LogP contribution in [-0.4, -0.2) is 31.8 Å². The van der Waals surface area contributed by atoms with Crippen molar-refractivity contribution in [1.82, 2.24) is 0 Å². The van der Waals surface area contributed by atoms with E-state index in [1.807, 2.05) is 36.6 Å². The lowest BCUT2D eigenvalue weighted by Gasteiger charge is -2.11. The number of hydrogen-bond acceptors (Lipinski definition) is 6. The zero-order valence-electron chi connectivity index (χ0n) is 16.6. The lowest BCUT2D eigenvalue weighted by molar-refractivity contribution is -0.119. The number of nitrogens with one attached hydrogen (secondary N) is 1. The highest BCUT2D eigenvalue weighted by molar-refractivity contribution is 7.98. The molecule has 0 fully saturated rings. The van der Waals surface area contributed by atoms with Crippen LogP contribution in [0.4, 0.5) is 5.69 Å². The maximum atomic E-state index is 12.3. The van der Waals surface area contributed by atoms with E-state index in [-0.39, 0.29) is 5.56 Å². The van der Waals surface area contributed by atoms with Crippen LogP contribution in [0.3, 0.4) is 0 Å². The fraction of sp³-hybridized carbons (Fsp3) is 0.130. The highest BCUT2D eigenvalue weighted by Gasteiger charge is 2.16. The first-order valence-electron chi connectivity index (χ1n) is 9.11. The van der Waals surface area contributed by atoms with Gasteiger partial charge in [0.05, 0.1) is 7.11 Å². The second kappa shape index (κ2) is 10.4. The molecule has 0 radical (unpaired) electrons. The van der Waals surface area contributed by atoms with E-state index >= 15 is 0 Å². The number of carbonyl (C=O) groups excluding carboxylic acids is 2. The number of carbonyl (C=O) groups is 2. The predicted octanol–water partition coefficient (Wildman–Crippen LogP) is 5.00. The van der Waals surface area contributed by atoms with E-state index in [0.717, 1.165) is 10.6 Å². The van der Waals surface area contributed by atoms with Crippen LogP contribution >= 0.6 is 11.8 Å². The third-order valence-electron chi connectivity index (χ3n) is 4.08. The number of ether oxygens (including phenoxy) is 3. The second-order valence-corrected chi connectivity index (χ2v) is 7.01. The Morgan fingerprint density at radius 3 is 2.30 bits per heavy atom. The molecular formula is C23H21NO5S. The summed E-state index contributed by atoms with van der Waals surface area (Å²) in [6.45, 7) is -0.408. The first kappa shape index (κ1) is 21.3. The molecule has 3 rings (SSSR count). The molecule has 0 saturated heterocycles. The minimum absolute atomic E-state index is 0.269. The van der Waals surface area contributed by atoms with Gasteiger partial charge in [0.2, 0.25) is 0 Å². The Hall–Kier alpha value is -3.45. The van der Waals surface area contributed by atoms with E-state index in [9.17, 15) is 9.59 Å². The van der Waals surface area contributed by atoms with Crippen molar-refractivity contribution in [3.05, 3.63) is 78.4 Å². The van der Waals surface area contributed by atoms with Crippen molar-refractivity contribution in [1.29, 1.82) is 0 Å². The largest absolute Gasteiger partial charge is 0.496 e. The average molecular weight is 423 g/mol. The second-order valence-electron chi connectivity index (χ2n) is 6.13. The Labute approximate surface area is 179 Å². The summed E-state index contributed by atoms with van der Waals surface area (Å²) < 4.78 is 16.1. The van der Waals surface area contributed by atoms with E-state index < -0.39 is 18.5 Å². The standard InChI is InChI=1S/C23H21NO5S/c1-27-21-14-19(30-2)12-13-20(21)23(26)28-15-22(25)24-16-8-10-18(11-9-16)29-17-6-4-3-5-7-17/h3-14H,15H2,1-2H3,(H,24,25). The first-order chi connectivity index (χ1) is 14.6. The van der Waals surface area contributed by atoms with Crippen molar-refractivity contribution in [3.63, 3.8) is 0 Å². The summed E-state index contributed by atoms with van der Waals surface area (Å²) >= 11 is 1.53. The molecule has 1 N–H and O–H groups in total. The van der Waals surface area contributed by atoms with E-state index in [0.29, 0.717) is 17.2 Å². The van der Waals surface area contributed by atoms with Crippen LogP contribution in [0.5, 0.6) is 17.2 Å². The topological polar surface area (TPSA) is 73.9 Å². The van der Waals surface area contributed by atoms with Gasteiger partial charge in [-0.15, -0.1) is 11.8 Å². The van der Waals surface area contributed by atoms with Crippen molar-refractivity contribution in [2.75, 3.05) is 25.3 Å². The fourth-order valence-corrected chi connectivity index (χ4v) is 3.03. The Balaban J connectivity index is 1.52. The minimum Gasteiger partial charge on any atom is -0.496 e. The number of rotatable bonds is 8. The Morgan fingerprint density at radius 1 is 0.933 bits per heavy atom. The molecule has 0 unspecified atom stereocenters. The van der Waals surface area contributed by atoms with Crippen LogP contribution in [0.2, 0.25) is 0 Å². The molecule has 6 nitrogen and oxygen atoms in total. The summed E-state index contributed by atoms with van der Waals surface area (Å²) in [7, 11) is 1.48. The molecule has 0 aliphatic heterocycles. The number of methoxy groups -OCH3 is 1. The Bertz CT molecular complexity index is 1010. The lowest BCUT2D eigenvalue weighted by Crippen LogP contribution is -2.21. The van der Waals surface area contributed by atoms with Gasteiger partial charge in [-0.25, -0.2) is 4.79 Å². The number of thioether (sulfide) groups is 1. The lowest BCUT2D eigenvalue weighted by atomic mass is 10.2. The van der Waals surface area contributed by atoms with Gasteiger partial charge in [-0.2, -0.15) is 0 Å². The third kappa shape index (κ3) is 5.78. The van der Waals surface area contributed by atoms with Crippen molar-refractivity contribution in [2.24, 2.45) is 0 Å². The van der Waals surface area contributed by atoms with Gasteiger partial charge in [-0.1, -0.05) is 18.2 Å². The summed E-state index contributed by atoms with van der Waals surface area (Å²) in [5.41, 5.74) is 0.837. The van der Waals surface area contributed by atoms with Gasteiger partial charge in [-0.05, 0) is 60.9 Å². The van der Waals surface area contributed by atoms with Gasteiger partial charge in [0.25, 0.3) is 5.91 Å². The molecule has 30 heavy (non-hydrogen) atoms. The van der Waals surface area contributed by atoms with Crippen LogP contribution in [0.25, 0.3) is 0 Å². The Morgan fingerprint density at radius 2 is 1.63 bits per heavy atom. The van der Waals surface area contributed by atoms with Crippen LogP contribution in [0.15, 0.2) is 77.7 Å². The summed E-state index contributed by atoms with van der Waals surface area (Å²) in [5.74, 6) is 0.705. The van der Waals surface area contributed by atoms with Crippen molar-refractivity contribution in [3.8, 4) is 17.2 Å². The van der Waals surface area contributed by atoms with E-state index in [1.165, 1.54) is 18.9 Å². The van der Waals surface area contributed by atoms with E-state index in [2.05, 4.69) is 5.32 Å². The third-order valence-corrected chi connectivity index (χ3v) is 4.81. The number of para-hydroxylation sites is 1. The van der Waals surface area contributed by atoms with Crippen LogP contribution < -0.4 is 14.8 Å². The normalized spacial score (nSPS) is 10.2. The first-order valence-corrected chi connectivity index (χ1v) is 10.3. The molecule has 0 bridgehead atoms. The zero-order chi connectivity index (χ0) is 21.3. The molecule has 0 aliphatic carbocycles. The van der Waals surface area contributed by atoms with Crippen molar-refractivity contribution in [2.45, 2.75) is 4.90 Å². The number of amides is 1. The fourth-order valence-electron chi connectivity index (χ4n) is 2.60. The average Bonchev–Trinajstić information content (AvgIpc) is 2.79. The van der Waals surface area contributed by atoms with Gasteiger partial charge < -0.3 is 19.5 Å². The zero-order valence-corrected chi connectivity index (χ0v) is 17.4. The molecule has 0 atom stereocenters. The predicted molar refractivity (Wildman–Crippen MR) is 117 cm³/mol. The monoisotopic (exact) mass is 423 g/mol. The van der Waals surface area contributed by atoms with Crippen molar-refractivity contribution >= 4 is 29.3 Å². The highest BCUT2D eigenvalue weighted by atomic mass is 32.2. The van der Waals surface area contributed by atoms with Gasteiger partial charge in [0, 0.05) is 10.6 Å². The molecule has 154 valence electrons. The number of hydrogen-bond donors (Lipinski definition) is 1. The molecule has 7 heteroatoms. The minimum atomic E-state index is -0.624. The summed E-state index contributed by atoms with van der Waals surface area (Å²) in [4.78, 5) is 25.4. The molecule has 0 saturated carbocycles. The quantitative estimate of drug-likeness (QED) is 0.406. The van der Waals surface area contributed by atoms with Gasteiger partial charge in [-0.3, -0.25) is 4.79 Å². The molecule has 3 aromatic rings. The summed E-state index contributed by atoms with van der Waals surface area (Å²) in [5, 5.41) is 2.68. The molecule has 3 aromatic carbocycles. The van der Waals surface area contributed by atoms with Crippen molar-refractivity contribution < 1.29 is 23.8 Å². The maximum Gasteiger partial charge on any atom is 0.342 e.